The number of rotatable bonds is 5. The van der Waals surface area contributed by atoms with Crippen LogP contribution in [0.2, 0.25) is 0 Å². The molecule has 7 heteroatoms. The third-order valence-electron chi connectivity index (χ3n) is 4.39. The summed E-state index contributed by atoms with van der Waals surface area (Å²) in [7, 11) is 1.67. The number of ether oxygens (including phenoxy) is 1. The molecule has 5 nitrogen and oxygen atoms in total. The number of carbonyl (C=O) groups is 1. The summed E-state index contributed by atoms with van der Waals surface area (Å²) in [6.45, 7) is 5.57. The summed E-state index contributed by atoms with van der Waals surface area (Å²) >= 11 is 0. The van der Waals surface area contributed by atoms with Crippen LogP contribution in [0.15, 0.2) is 24.3 Å². The number of amides is 1. The van der Waals surface area contributed by atoms with Crippen LogP contribution >= 0.6 is 24.8 Å². The van der Waals surface area contributed by atoms with Crippen molar-refractivity contribution in [1.29, 1.82) is 0 Å². The van der Waals surface area contributed by atoms with E-state index in [2.05, 4.69) is 16.3 Å². The van der Waals surface area contributed by atoms with Gasteiger partial charge in [-0.05, 0) is 31.9 Å². The third-order valence-corrected chi connectivity index (χ3v) is 4.39. The lowest BCUT2D eigenvalue weighted by atomic mass is 10.0. The number of methoxy groups -OCH3 is 1. The van der Waals surface area contributed by atoms with Gasteiger partial charge in [0.05, 0.1) is 7.11 Å². The Morgan fingerprint density at radius 3 is 2.71 bits per heavy atom. The van der Waals surface area contributed by atoms with Crippen molar-refractivity contribution in [3.05, 3.63) is 24.3 Å². The molecule has 3 atom stereocenters. The van der Waals surface area contributed by atoms with Gasteiger partial charge in [0.15, 0.2) is 0 Å². The van der Waals surface area contributed by atoms with Gasteiger partial charge in [-0.3, -0.25) is 4.79 Å². The molecular formula is C17H29Cl2N3O2. The highest BCUT2D eigenvalue weighted by Crippen LogP contribution is 2.24. The summed E-state index contributed by atoms with van der Waals surface area (Å²) < 4.78 is 5.28. The van der Waals surface area contributed by atoms with E-state index >= 15 is 0 Å². The topological polar surface area (TPSA) is 67.6 Å². The lowest BCUT2D eigenvalue weighted by Crippen LogP contribution is -2.50. The minimum Gasteiger partial charge on any atom is -0.497 e. The highest BCUT2D eigenvalue weighted by atomic mass is 35.5. The average molecular weight is 378 g/mol. The Morgan fingerprint density at radius 1 is 1.38 bits per heavy atom. The normalized spacial score (nSPS) is 19.3. The SMILES string of the molecule is COc1cccc(N2CCCC(NC(=O)C(C)C(C)N)C2)c1.Cl.Cl. The minimum absolute atomic E-state index is 0. The standard InChI is InChI=1S/C17H27N3O2.2ClH/c1-12(13(2)18)17(21)19-14-6-5-9-20(11-14)15-7-4-8-16(10-15)22-3;;/h4,7-8,10,12-14H,5-6,9,11,18H2,1-3H3,(H,19,21);2*1H. The van der Waals surface area contributed by atoms with Crippen LogP contribution in [0, 0.1) is 5.92 Å². The second kappa shape index (κ2) is 10.6. The molecule has 0 aliphatic carbocycles. The van der Waals surface area contributed by atoms with Crippen LogP contribution < -0.4 is 20.7 Å². The largest absolute Gasteiger partial charge is 0.497 e. The van der Waals surface area contributed by atoms with E-state index in [1.807, 2.05) is 32.0 Å². The first-order valence-corrected chi connectivity index (χ1v) is 7.96. The van der Waals surface area contributed by atoms with Crippen LogP contribution in [0.5, 0.6) is 5.75 Å². The van der Waals surface area contributed by atoms with Gasteiger partial charge in [-0.15, -0.1) is 24.8 Å². The van der Waals surface area contributed by atoms with Crippen LogP contribution in [-0.4, -0.2) is 38.2 Å². The molecule has 0 bridgehead atoms. The molecule has 0 spiro atoms. The molecule has 1 saturated heterocycles. The summed E-state index contributed by atoms with van der Waals surface area (Å²) in [4.78, 5) is 14.5. The third kappa shape index (κ3) is 6.04. The molecule has 1 aliphatic rings. The van der Waals surface area contributed by atoms with Gasteiger partial charge < -0.3 is 20.7 Å². The zero-order valence-corrected chi connectivity index (χ0v) is 16.2. The van der Waals surface area contributed by atoms with Crippen LogP contribution in [0.3, 0.4) is 0 Å². The Labute approximate surface area is 157 Å². The van der Waals surface area contributed by atoms with E-state index in [1.54, 1.807) is 7.11 Å². The summed E-state index contributed by atoms with van der Waals surface area (Å²) in [6, 6.07) is 8.10. The molecular weight excluding hydrogens is 349 g/mol. The van der Waals surface area contributed by atoms with Crippen molar-refractivity contribution in [1.82, 2.24) is 5.32 Å². The van der Waals surface area contributed by atoms with E-state index in [0.717, 1.165) is 37.4 Å². The molecule has 1 fully saturated rings. The zero-order valence-electron chi connectivity index (χ0n) is 14.5. The number of hydrogen-bond donors (Lipinski definition) is 2. The van der Waals surface area contributed by atoms with Crippen molar-refractivity contribution < 1.29 is 9.53 Å². The van der Waals surface area contributed by atoms with Crippen LogP contribution in [0.25, 0.3) is 0 Å². The monoisotopic (exact) mass is 377 g/mol. The second-order valence-corrected chi connectivity index (χ2v) is 6.14. The molecule has 1 aliphatic heterocycles. The first-order valence-electron chi connectivity index (χ1n) is 7.96. The van der Waals surface area contributed by atoms with Gasteiger partial charge in [-0.25, -0.2) is 0 Å². The predicted molar refractivity (Wildman–Crippen MR) is 104 cm³/mol. The molecule has 24 heavy (non-hydrogen) atoms. The number of piperidine rings is 1. The van der Waals surface area contributed by atoms with Gasteiger partial charge in [0.25, 0.3) is 0 Å². The lowest BCUT2D eigenvalue weighted by molar-refractivity contribution is -0.125. The van der Waals surface area contributed by atoms with E-state index in [9.17, 15) is 4.79 Å². The maximum atomic E-state index is 12.2. The van der Waals surface area contributed by atoms with Gasteiger partial charge in [0.1, 0.15) is 5.75 Å². The second-order valence-electron chi connectivity index (χ2n) is 6.14. The first kappa shape index (κ1) is 22.8. The Hall–Kier alpha value is -1.17. The van der Waals surface area contributed by atoms with Gasteiger partial charge in [-0.1, -0.05) is 13.0 Å². The number of nitrogens with zero attached hydrogens (tertiary/aromatic N) is 1. The van der Waals surface area contributed by atoms with Crippen LogP contribution in [-0.2, 0) is 4.79 Å². The molecule has 0 radical (unpaired) electrons. The number of anilines is 1. The maximum absolute atomic E-state index is 12.2. The number of hydrogen-bond acceptors (Lipinski definition) is 4. The van der Waals surface area contributed by atoms with Crippen molar-refractivity contribution in [3.8, 4) is 5.75 Å². The van der Waals surface area contributed by atoms with Crippen LogP contribution in [0.1, 0.15) is 26.7 Å². The smallest absolute Gasteiger partial charge is 0.224 e. The fourth-order valence-electron chi connectivity index (χ4n) is 2.71. The van der Waals surface area contributed by atoms with E-state index < -0.39 is 0 Å². The highest BCUT2D eigenvalue weighted by Gasteiger charge is 2.25. The first-order chi connectivity index (χ1) is 10.5. The summed E-state index contributed by atoms with van der Waals surface area (Å²) in [6.07, 6.45) is 2.08. The van der Waals surface area contributed by atoms with Gasteiger partial charge in [-0.2, -0.15) is 0 Å². The van der Waals surface area contributed by atoms with E-state index in [0.29, 0.717) is 0 Å². The van der Waals surface area contributed by atoms with Crippen molar-refractivity contribution in [2.75, 3.05) is 25.1 Å². The van der Waals surface area contributed by atoms with Crippen LogP contribution in [0.4, 0.5) is 5.69 Å². The molecule has 1 aromatic rings. The van der Waals surface area contributed by atoms with Crippen molar-refractivity contribution in [3.63, 3.8) is 0 Å². The van der Waals surface area contributed by atoms with Gasteiger partial charge in [0, 0.05) is 42.8 Å². The van der Waals surface area contributed by atoms with Crippen molar-refractivity contribution in [2.45, 2.75) is 38.8 Å². The minimum atomic E-state index is -0.160. The molecule has 0 aromatic heterocycles. The fourth-order valence-corrected chi connectivity index (χ4v) is 2.71. The highest BCUT2D eigenvalue weighted by molar-refractivity contribution is 5.85. The molecule has 3 N–H and O–H groups in total. The van der Waals surface area contributed by atoms with Gasteiger partial charge >= 0.3 is 0 Å². The summed E-state index contributed by atoms with van der Waals surface area (Å²) in [5.74, 6) is 0.744. The molecule has 0 saturated carbocycles. The summed E-state index contributed by atoms with van der Waals surface area (Å²) in [5.41, 5.74) is 6.94. The molecule has 1 amide bonds. The Balaban J connectivity index is 0.00000264. The van der Waals surface area contributed by atoms with Crippen molar-refractivity contribution >= 4 is 36.4 Å². The lowest BCUT2D eigenvalue weighted by Gasteiger charge is -2.35. The number of carbonyl (C=O) groups excluding carboxylic acids is 1. The number of benzene rings is 1. The quantitative estimate of drug-likeness (QED) is 0.827. The number of halogens is 2. The maximum Gasteiger partial charge on any atom is 0.224 e. The Morgan fingerprint density at radius 2 is 2.08 bits per heavy atom. The molecule has 1 aromatic carbocycles. The van der Waals surface area contributed by atoms with Crippen molar-refractivity contribution in [2.24, 2.45) is 11.7 Å². The predicted octanol–water partition coefficient (Wildman–Crippen LogP) is 2.61. The molecule has 1 heterocycles. The molecule has 2 rings (SSSR count). The number of nitrogens with one attached hydrogen (secondary N) is 1. The molecule has 3 unspecified atom stereocenters. The van der Waals surface area contributed by atoms with E-state index in [4.69, 9.17) is 10.5 Å². The Bertz CT molecular complexity index is 514. The average Bonchev–Trinajstić information content (AvgIpc) is 2.54. The summed E-state index contributed by atoms with van der Waals surface area (Å²) in [5, 5.41) is 3.14. The fraction of sp³-hybridized carbons (Fsp3) is 0.588. The van der Waals surface area contributed by atoms with E-state index in [1.165, 1.54) is 0 Å². The van der Waals surface area contributed by atoms with E-state index in [-0.39, 0.29) is 48.7 Å². The Kier molecular flexibility index (Phi) is 10.1. The number of nitrogens with two attached hydrogens (primary N) is 1. The molecule has 138 valence electrons. The van der Waals surface area contributed by atoms with Gasteiger partial charge in [0.2, 0.25) is 5.91 Å². The zero-order chi connectivity index (χ0) is 16.1.